The average molecular weight is 387 g/mol. The van der Waals surface area contributed by atoms with E-state index in [1.165, 1.54) is 0 Å². The van der Waals surface area contributed by atoms with Gasteiger partial charge in [0.1, 0.15) is 0 Å². The molecule has 0 radical (unpaired) electrons. The predicted molar refractivity (Wildman–Crippen MR) is 96.4 cm³/mol. The minimum atomic E-state index is -1.82. The number of methoxy groups -OCH3 is 1. The molecule has 9 heteroatoms. The van der Waals surface area contributed by atoms with Crippen molar-refractivity contribution >= 4 is 35.1 Å². The maximum Gasteiger partial charge on any atom is 0.414 e. The van der Waals surface area contributed by atoms with E-state index >= 15 is 0 Å². The maximum absolute atomic E-state index is 12.0. The molecular weight excluding hydrogens is 364 g/mol. The number of likely N-dealkylation sites (tertiary alicyclic amines) is 1. The number of amides is 1. The van der Waals surface area contributed by atoms with E-state index in [2.05, 4.69) is 10.2 Å². The van der Waals surface area contributed by atoms with Crippen LogP contribution in [0, 0.1) is 5.92 Å². The molecule has 1 fully saturated rings. The third kappa shape index (κ3) is 8.80. The summed E-state index contributed by atoms with van der Waals surface area (Å²) in [5, 5.41) is 18.3. The van der Waals surface area contributed by atoms with Gasteiger partial charge in [-0.3, -0.25) is 9.69 Å². The zero-order valence-electron chi connectivity index (χ0n) is 14.5. The number of nitrogens with zero attached hydrogens (tertiary/aromatic N) is 1. The van der Waals surface area contributed by atoms with Crippen molar-refractivity contribution in [3.05, 3.63) is 29.3 Å². The Bertz CT molecular complexity index is 605. The summed E-state index contributed by atoms with van der Waals surface area (Å²) in [5.41, 5.74) is 0.747. The molecule has 26 heavy (non-hydrogen) atoms. The first-order chi connectivity index (χ1) is 12.3. The number of rotatable bonds is 5. The molecule has 8 nitrogen and oxygen atoms in total. The molecule has 1 amide bonds. The fourth-order valence-corrected chi connectivity index (χ4v) is 2.71. The lowest BCUT2D eigenvalue weighted by Crippen LogP contribution is -2.40. The Labute approximate surface area is 156 Å². The summed E-state index contributed by atoms with van der Waals surface area (Å²) in [5.74, 6) is -3.00. The Kier molecular flexibility index (Phi) is 9.64. The minimum absolute atomic E-state index is 0.0115. The van der Waals surface area contributed by atoms with Gasteiger partial charge in [-0.05, 0) is 50.0 Å². The van der Waals surface area contributed by atoms with Crippen molar-refractivity contribution in [1.29, 1.82) is 0 Å². The SMILES string of the molecule is COCC1CCN(CC(=O)Nc2cccc(Cl)c2)CC1.O=C(O)C(=O)O. The number of anilines is 1. The summed E-state index contributed by atoms with van der Waals surface area (Å²) in [6.45, 7) is 3.17. The second-order valence-corrected chi connectivity index (χ2v) is 6.28. The first kappa shape index (κ1) is 21.9. The summed E-state index contributed by atoms with van der Waals surface area (Å²) >= 11 is 5.89. The number of aliphatic carboxylic acids is 2. The van der Waals surface area contributed by atoms with Crippen molar-refractivity contribution in [3.63, 3.8) is 0 Å². The monoisotopic (exact) mass is 386 g/mol. The van der Waals surface area contributed by atoms with Crippen LogP contribution in [-0.4, -0.2) is 66.3 Å². The van der Waals surface area contributed by atoms with E-state index in [-0.39, 0.29) is 5.91 Å². The van der Waals surface area contributed by atoms with E-state index < -0.39 is 11.9 Å². The van der Waals surface area contributed by atoms with Crippen molar-refractivity contribution in [2.24, 2.45) is 5.92 Å². The highest BCUT2D eigenvalue weighted by Crippen LogP contribution is 2.18. The Hall–Kier alpha value is -2.16. The fourth-order valence-electron chi connectivity index (χ4n) is 2.52. The predicted octanol–water partition coefficient (Wildman–Crippen LogP) is 1.79. The lowest BCUT2D eigenvalue weighted by Gasteiger charge is -2.30. The topological polar surface area (TPSA) is 116 Å². The van der Waals surface area contributed by atoms with E-state index in [0.29, 0.717) is 17.5 Å². The van der Waals surface area contributed by atoms with E-state index in [9.17, 15) is 4.79 Å². The summed E-state index contributed by atoms with van der Waals surface area (Å²) in [6.07, 6.45) is 2.19. The lowest BCUT2D eigenvalue weighted by molar-refractivity contribution is -0.159. The Morgan fingerprint density at radius 2 is 1.85 bits per heavy atom. The highest BCUT2D eigenvalue weighted by Gasteiger charge is 2.20. The summed E-state index contributed by atoms with van der Waals surface area (Å²) in [4.78, 5) is 32.4. The van der Waals surface area contributed by atoms with E-state index in [0.717, 1.165) is 38.2 Å². The van der Waals surface area contributed by atoms with Crippen LogP contribution in [0.5, 0.6) is 0 Å². The van der Waals surface area contributed by atoms with Crippen LogP contribution in [0.15, 0.2) is 24.3 Å². The van der Waals surface area contributed by atoms with Gasteiger partial charge in [-0.15, -0.1) is 0 Å². The standard InChI is InChI=1S/C15H21ClN2O2.C2H2O4/c1-20-11-12-5-7-18(8-6-12)10-15(19)17-14-4-2-3-13(16)9-14;3-1(4)2(5)6/h2-4,9,12H,5-8,10-11H2,1H3,(H,17,19);(H,3,4)(H,5,6). The number of carbonyl (C=O) groups is 3. The van der Waals surface area contributed by atoms with Gasteiger partial charge in [0.05, 0.1) is 6.54 Å². The second kappa shape index (κ2) is 11.5. The molecule has 0 atom stereocenters. The third-order valence-electron chi connectivity index (χ3n) is 3.77. The molecule has 1 aromatic carbocycles. The van der Waals surface area contributed by atoms with E-state index in [1.807, 2.05) is 12.1 Å². The van der Waals surface area contributed by atoms with Crippen LogP contribution >= 0.6 is 11.6 Å². The number of benzene rings is 1. The zero-order chi connectivity index (χ0) is 19.5. The summed E-state index contributed by atoms with van der Waals surface area (Å²) < 4.78 is 5.18. The minimum Gasteiger partial charge on any atom is -0.473 e. The highest BCUT2D eigenvalue weighted by molar-refractivity contribution is 6.30. The van der Waals surface area contributed by atoms with Gasteiger partial charge in [0.2, 0.25) is 5.91 Å². The molecule has 0 aliphatic carbocycles. The molecule has 144 valence electrons. The van der Waals surface area contributed by atoms with Gasteiger partial charge in [0.15, 0.2) is 0 Å². The van der Waals surface area contributed by atoms with Gasteiger partial charge in [-0.2, -0.15) is 0 Å². The van der Waals surface area contributed by atoms with Crippen LogP contribution in [0.2, 0.25) is 5.02 Å². The molecule has 1 aromatic rings. The number of carboxylic acid groups (broad SMARTS) is 2. The van der Waals surface area contributed by atoms with Gasteiger partial charge in [-0.1, -0.05) is 17.7 Å². The second-order valence-electron chi connectivity index (χ2n) is 5.84. The number of nitrogens with one attached hydrogen (secondary N) is 1. The van der Waals surface area contributed by atoms with E-state index in [4.69, 9.17) is 36.1 Å². The van der Waals surface area contributed by atoms with E-state index in [1.54, 1.807) is 19.2 Å². The van der Waals surface area contributed by atoms with Crippen molar-refractivity contribution in [2.75, 3.05) is 38.7 Å². The quantitative estimate of drug-likeness (QED) is 0.660. The highest BCUT2D eigenvalue weighted by atomic mass is 35.5. The molecule has 0 saturated carbocycles. The number of ether oxygens (including phenoxy) is 1. The van der Waals surface area contributed by atoms with Crippen LogP contribution in [-0.2, 0) is 19.1 Å². The molecule has 0 spiro atoms. The van der Waals surface area contributed by atoms with Gasteiger partial charge in [0.25, 0.3) is 0 Å². The smallest absolute Gasteiger partial charge is 0.414 e. The molecule has 3 N–H and O–H groups in total. The Morgan fingerprint density at radius 1 is 1.23 bits per heavy atom. The number of halogens is 1. The normalized spacial score (nSPS) is 14.8. The van der Waals surface area contributed by atoms with Crippen LogP contribution in [0.4, 0.5) is 5.69 Å². The van der Waals surface area contributed by atoms with Crippen LogP contribution in [0.25, 0.3) is 0 Å². The first-order valence-corrected chi connectivity index (χ1v) is 8.42. The third-order valence-corrected chi connectivity index (χ3v) is 4.00. The van der Waals surface area contributed by atoms with Gasteiger partial charge in [0, 0.05) is 24.4 Å². The molecule has 1 aliphatic rings. The molecular formula is C17H23ClN2O6. The van der Waals surface area contributed by atoms with Crippen LogP contribution < -0.4 is 5.32 Å². The Balaban J connectivity index is 0.000000487. The average Bonchev–Trinajstić information content (AvgIpc) is 2.57. The molecule has 1 heterocycles. The zero-order valence-corrected chi connectivity index (χ0v) is 15.2. The summed E-state index contributed by atoms with van der Waals surface area (Å²) in [6, 6.07) is 7.21. The van der Waals surface area contributed by atoms with Crippen molar-refractivity contribution in [2.45, 2.75) is 12.8 Å². The Morgan fingerprint density at radius 3 is 2.35 bits per heavy atom. The van der Waals surface area contributed by atoms with Crippen LogP contribution in [0.3, 0.4) is 0 Å². The van der Waals surface area contributed by atoms with Gasteiger partial charge in [-0.25, -0.2) is 9.59 Å². The molecule has 1 saturated heterocycles. The van der Waals surface area contributed by atoms with Crippen molar-refractivity contribution in [3.8, 4) is 0 Å². The van der Waals surface area contributed by atoms with Gasteiger partial charge < -0.3 is 20.3 Å². The largest absolute Gasteiger partial charge is 0.473 e. The number of carbonyl (C=O) groups excluding carboxylic acids is 1. The molecule has 0 bridgehead atoms. The number of carboxylic acids is 2. The maximum atomic E-state index is 12.0. The van der Waals surface area contributed by atoms with Gasteiger partial charge >= 0.3 is 11.9 Å². The molecule has 0 aromatic heterocycles. The number of hydrogen-bond acceptors (Lipinski definition) is 5. The lowest BCUT2D eigenvalue weighted by atomic mass is 9.98. The van der Waals surface area contributed by atoms with Crippen molar-refractivity contribution in [1.82, 2.24) is 4.90 Å². The van der Waals surface area contributed by atoms with Crippen molar-refractivity contribution < 1.29 is 29.3 Å². The fraction of sp³-hybridized carbons (Fsp3) is 0.471. The molecule has 1 aliphatic heterocycles. The molecule has 2 rings (SSSR count). The summed E-state index contributed by atoms with van der Waals surface area (Å²) in [7, 11) is 1.74. The number of hydrogen-bond donors (Lipinski definition) is 3. The first-order valence-electron chi connectivity index (χ1n) is 8.04. The van der Waals surface area contributed by atoms with Crippen LogP contribution in [0.1, 0.15) is 12.8 Å². The number of piperidine rings is 1. The molecule has 0 unspecified atom stereocenters.